The van der Waals surface area contributed by atoms with Gasteiger partial charge in [-0.05, 0) is 25.7 Å². The minimum absolute atomic E-state index is 0.0315. The number of rotatable bonds is 1. The summed E-state index contributed by atoms with van der Waals surface area (Å²) in [6.07, 6.45) is 3.72. The molecule has 1 spiro atoms. The lowest BCUT2D eigenvalue weighted by Gasteiger charge is -2.45. The SMILES string of the molecule is CC(=O)NC1CCC2(CC1)CNC2=O. The van der Waals surface area contributed by atoms with E-state index in [4.69, 9.17) is 0 Å². The zero-order valence-corrected chi connectivity index (χ0v) is 8.43. The number of amides is 2. The van der Waals surface area contributed by atoms with Crippen LogP contribution in [0.4, 0.5) is 0 Å². The van der Waals surface area contributed by atoms with Gasteiger partial charge in [0.05, 0.1) is 5.41 Å². The molecule has 1 aliphatic heterocycles. The third-order valence-corrected chi connectivity index (χ3v) is 3.42. The van der Waals surface area contributed by atoms with Gasteiger partial charge in [0.1, 0.15) is 0 Å². The van der Waals surface area contributed by atoms with Crippen LogP contribution in [0.3, 0.4) is 0 Å². The normalized spacial score (nSPS) is 36.1. The van der Waals surface area contributed by atoms with Crippen LogP contribution in [0.2, 0.25) is 0 Å². The molecule has 4 heteroatoms. The van der Waals surface area contributed by atoms with Crippen LogP contribution in [0.15, 0.2) is 0 Å². The molecule has 78 valence electrons. The second kappa shape index (κ2) is 3.26. The van der Waals surface area contributed by atoms with Gasteiger partial charge in [0.15, 0.2) is 0 Å². The molecule has 1 saturated carbocycles. The van der Waals surface area contributed by atoms with E-state index in [0.717, 1.165) is 32.2 Å². The molecular weight excluding hydrogens is 180 g/mol. The first kappa shape index (κ1) is 9.49. The first-order valence-corrected chi connectivity index (χ1v) is 5.18. The van der Waals surface area contributed by atoms with Crippen molar-refractivity contribution in [3.8, 4) is 0 Å². The minimum Gasteiger partial charge on any atom is -0.354 e. The molecular formula is C10H16N2O2. The Labute approximate surface area is 83.4 Å². The van der Waals surface area contributed by atoms with E-state index in [9.17, 15) is 9.59 Å². The molecule has 0 aromatic carbocycles. The fourth-order valence-corrected chi connectivity index (χ4v) is 2.42. The van der Waals surface area contributed by atoms with Crippen molar-refractivity contribution in [1.29, 1.82) is 0 Å². The predicted octanol–water partition coefficient (Wildman–Crippen LogP) is 0.181. The molecule has 0 atom stereocenters. The molecule has 0 aromatic heterocycles. The first-order valence-electron chi connectivity index (χ1n) is 5.18. The lowest BCUT2D eigenvalue weighted by Crippen LogP contribution is -2.61. The molecule has 1 heterocycles. The Bertz CT molecular complexity index is 267. The van der Waals surface area contributed by atoms with Gasteiger partial charge < -0.3 is 10.6 Å². The maximum atomic E-state index is 11.3. The highest BCUT2D eigenvalue weighted by Crippen LogP contribution is 2.40. The Balaban J connectivity index is 1.86. The Morgan fingerprint density at radius 1 is 1.50 bits per heavy atom. The van der Waals surface area contributed by atoms with Gasteiger partial charge in [-0.15, -0.1) is 0 Å². The van der Waals surface area contributed by atoms with E-state index in [1.54, 1.807) is 6.92 Å². The molecule has 2 amide bonds. The highest BCUT2D eigenvalue weighted by atomic mass is 16.2. The van der Waals surface area contributed by atoms with E-state index < -0.39 is 0 Å². The van der Waals surface area contributed by atoms with Crippen molar-refractivity contribution in [1.82, 2.24) is 10.6 Å². The zero-order valence-electron chi connectivity index (χ0n) is 8.43. The molecule has 4 nitrogen and oxygen atoms in total. The van der Waals surface area contributed by atoms with Gasteiger partial charge in [-0.2, -0.15) is 0 Å². The van der Waals surface area contributed by atoms with Crippen molar-refractivity contribution in [3.63, 3.8) is 0 Å². The number of nitrogens with one attached hydrogen (secondary N) is 2. The molecule has 0 radical (unpaired) electrons. The lowest BCUT2D eigenvalue weighted by molar-refractivity contribution is -0.142. The molecule has 2 aliphatic rings. The summed E-state index contributed by atoms with van der Waals surface area (Å²) in [7, 11) is 0. The van der Waals surface area contributed by atoms with Crippen molar-refractivity contribution in [2.45, 2.75) is 38.6 Å². The van der Waals surface area contributed by atoms with Gasteiger partial charge in [-0.1, -0.05) is 0 Å². The average molecular weight is 196 g/mol. The summed E-state index contributed by atoms with van der Waals surface area (Å²) >= 11 is 0. The summed E-state index contributed by atoms with van der Waals surface area (Å²) in [5.74, 6) is 0.239. The van der Waals surface area contributed by atoms with E-state index in [2.05, 4.69) is 10.6 Å². The molecule has 1 aliphatic carbocycles. The molecule has 0 bridgehead atoms. The quantitative estimate of drug-likeness (QED) is 0.588. The van der Waals surface area contributed by atoms with Crippen LogP contribution in [0.5, 0.6) is 0 Å². The van der Waals surface area contributed by atoms with Gasteiger partial charge in [0, 0.05) is 19.5 Å². The number of carbonyl (C=O) groups excluding carboxylic acids is 2. The molecule has 0 unspecified atom stereocenters. The molecule has 2 rings (SSSR count). The average Bonchev–Trinajstić information content (AvgIpc) is 2.16. The number of β-lactam (4-membered cyclic amide) rings is 1. The second-order valence-electron chi connectivity index (χ2n) is 4.44. The van der Waals surface area contributed by atoms with E-state index >= 15 is 0 Å². The second-order valence-corrected chi connectivity index (χ2v) is 4.44. The third-order valence-electron chi connectivity index (χ3n) is 3.42. The Hall–Kier alpha value is -1.06. The zero-order chi connectivity index (χ0) is 10.2. The smallest absolute Gasteiger partial charge is 0.228 e. The van der Waals surface area contributed by atoms with Crippen molar-refractivity contribution in [2.24, 2.45) is 5.41 Å². The van der Waals surface area contributed by atoms with Crippen molar-refractivity contribution < 1.29 is 9.59 Å². The van der Waals surface area contributed by atoms with Crippen LogP contribution in [-0.4, -0.2) is 24.4 Å². The topological polar surface area (TPSA) is 58.2 Å². The first-order chi connectivity index (χ1) is 6.62. The van der Waals surface area contributed by atoms with Crippen LogP contribution < -0.4 is 10.6 Å². The summed E-state index contributed by atoms with van der Waals surface area (Å²) < 4.78 is 0. The molecule has 14 heavy (non-hydrogen) atoms. The summed E-state index contributed by atoms with van der Waals surface area (Å²) in [6, 6.07) is 0.284. The van der Waals surface area contributed by atoms with Crippen molar-refractivity contribution >= 4 is 11.8 Å². The Morgan fingerprint density at radius 2 is 2.14 bits per heavy atom. The fraction of sp³-hybridized carbons (Fsp3) is 0.800. The monoisotopic (exact) mass is 196 g/mol. The molecule has 2 N–H and O–H groups in total. The van der Waals surface area contributed by atoms with E-state index in [-0.39, 0.29) is 23.3 Å². The minimum atomic E-state index is -0.0744. The highest BCUT2D eigenvalue weighted by molar-refractivity contribution is 5.88. The van der Waals surface area contributed by atoms with Gasteiger partial charge in [-0.3, -0.25) is 9.59 Å². The van der Waals surface area contributed by atoms with Gasteiger partial charge >= 0.3 is 0 Å². The Morgan fingerprint density at radius 3 is 2.50 bits per heavy atom. The van der Waals surface area contributed by atoms with E-state index in [1.807, 2.05) is 0 Å². The van der Waals surface area contributed by atoms with Crippen LogP contribution >= 0.6 is 0 Å². The highest BCUT2D eigenvalue weighted by Gasteiger charge is 2.47. The number of carbonyl (C=O) groups is 2. The molecule has 2 fully saturated rings. The van der Waals surface area contributed by atoms with Crippen LogP contribution in [0.25, 0.3) is 0 Å². The Kier molecular flexibility index (Phi) is 2.21. The van der Waals surface area contributed by atoms with E-state index in [1.165, 1.54) is 0 Å². The lowest BCUT2D eigenvalue weighted by atomic mass is 9.68. The fourth-order valence-electron chi connectivity index (χ4n) is 2.42. The number of hydrogen-bond donors (Lipinski definition) is 2. The maximum absolute atomic E-state index is 11.3. The van der Waals surface area contributed by atoms with Crippen molar-refractivity contribution in [3.05, 3.63) is 0 Å². The maximum Gasteiger partial charge on any atom is 0.228 e. The summed E-state index contributed by atoms with van der Waals surface area (Å²) in [4.78, 5) is 22.2. The van der Waals surface area contributed by atoms with Crippen molar-refractivity contribution in [2.75, 3.05) is 6.54 Å². The van der Waals surface area contributed by atoms with Crippen LogP contribution in [-0.2, 0) is 9.59 Å². The van der Waals surface area contributed by atoms with Gasteiger partial charge in [0.2, 0.25) is 11.8 Å². The van der Waals surface area contributed by atoms with Crippen LogP contribution in [0.1, 0.15) is 32.6 Å². The van der Waals surface area contributed by atoms with Crippen LogP contribution in [0, 0.1) is 5.41 Å². The van der Waals surface area contributed by atoms with E-state index in [0.29, 0.717) is 0 Å². The third kappa shape index (κ3) is 1.49. The standard InChI is InChI=1S/C10H16N2O2/c1-7(13)12-8-2-4-10(5-3-8)6-11-9(10)14/h8H,2-6H2,1H3,(H,11,14)(H,12,13). The summed E-state index contributed by atoms with van der Waals surface area (Å²) in [5, 5.41) is 5.71. The van der Waals surface area contributed by atoms with Gasteiger partial charge in [-0.25, -0.2) is 0 Å². The summed E-state index contributed by atoms with van der Waals surface area (Å²) in [5.41, 5.74) is -0.0744. The number of hydrogen-bond acceptors (Lipinski definition) is 2. The summed E-state index contributed by atoms with van der Waals surface area (Å²) in [6.45, 7) is 2.37. The predicted molar refractivity (Wildman–Crippen MR) is 51.5 cm³/mol. The molecule has 1 saturated heterocycles. The largest absolute Gasteiger partial charge is 0.354 e. The molecule has 0 aromatic rings. The van der Waals surface area contributed by atoms with Gasteiger partial charge in [0.25, 0.3) is 0 Å².